The molecule has 3 N–H and O–H groups in total. The second-order valence-corrected chi connectivity index (χ2v) is 7.65. The van der Waals surface area contributed by atoms with Gasteiger partial charge in [0.15, 0.2) is 0 Å². The Morgan fingerprint density at radius 1 is 1.04 bits per heavy atom. The molecule has 4 aromatic rings. The van der Waals surface area contributed by atoms with Crippen LogP contribution in [0.5, 0.6) is 0 Å². The van der Waals surface area contributed by atoms with Gasteiger partial charge in [0, 0.05) is 12.0 Å². The summed E-state index contributed by atoms with van der Waals surface area (Å²) in [6, 6.07) is 22.1. The molecule has 0 bridgehead atoms. The van der Waals surface area contributed by atoms with Crippen LogP contribution >= 0.6 is 0 Å². The van der Waals surface area contributed by atoms with Gasteiger partial charge in [-0.25, -0.2) is 4.98 Å². The summed E-state index contributed by atoms with van der Waals surface area (Å²) in [4.78, 5) is 7.49. The van der Waals surface area contributed by atoms with Crippen LogP contribution in [0.15, 0.2) is 67.0 Å². The van der Waals surface area contributed by atoms with Gasteiger partial charge >= 0.3 is 0 Å². The molecule has 3 aromatic carbocycles. The Balaban J connectivity index is 1.45. The van der Waals surface area contributed by atoms with Gasteiger partial charge in [-0.15, -0.1) is 0 Å². The van der Waals surface area contributed by atoms with Crippen LogP contribution in [0.1, 0.15) is 28.2 Å². The Morgan fingerprint density at radius 2 is 1.85 bits per heavy atom. The Kier molecular flexibility index (Phi) is 3.83. The van der Waals surface area contributed by atoms with E-state index in [4.69, 9.17) is 5.73 Å². The molecule has 2 unspecified atom stereocenters. The number of aromatic nitrogens is 2. The van der Waals surface area contributed by atoms with Crippen molar-refractivity contribution < 1.29 is 0 Å². The largest absolute Gasteiger partial charge is 0.345 e. The molecule has 0 saturated carbocycles. The summed E-state index contributed by atoms with van der Waals surface area (Å²) in [5.41, 5.74) is 16.6. The Morgan fingerprint density at radius 3 is 2.74 bits per heavy atom. The van der Waals surface area contributed by atoms with Gasteiger partial charge in [-0.3, -0.25) is 0 Å². The van der Waals surface area contributed by atoms with E-state index in [2.05, 4.69) is 77.6 Å². The van der Waals surface area contributed by atoms with Crippen molar-refractivity contribution in [1.82, 2.24) is 9.97 Å². The van der Waals surface area contributed by atoms with Crippen LogP contribution in [-0.4, -0.2) is 16.0 Å². The number of hydrogen-bond acceptors (Lipinski definition) is 2. The molecular formula is C24H23N3. The number of H-pyrrole nitrogens is 1. The Labute approximate surface area is 159 Å². The van der Waals surface area contributed by atoms with E-state index in [9.17, 15) is 0 Å². The molecule has 1 aliphatic carbocycles. The highest BCUT2D eigenvalue weighted by atomic mass is 14.9. The summed E-state index contributed by atoms with van der Waals surface area (Å²) in [6.07, 6.45) is 3.73. The molecule has 3 heteroatoms. The third kappa shape index (κ3) is 2.84. The SMILES string of the molecule is Cc1cc(-c2ccc3nc[nH]c3c2)ccc1CC1c2ccccc2CC1N. The predicted octanol–water partition coefficient (Wildman–Crippen LogP) is 4.75. The van der Waals surface area contributed by atoms with Crippen molar-refractivity contribution >= 4 is 11.0 Å². The van der Waals surface area contributed by atoms with Gasteiger partial charge in [0.25, 0.3) is 0 Å². The lowest BCUT2D eigenvalue weighted by molar-refractivity contribution is 0.569. The molecular weight excluding hydrogens is 330 g/mol. The smallest absolute Gasteiger partial charge is 0.0931 e. The second-order valence-electron chi connectivity index (χ2n) is 7.65. The number of benzene rings is 3. The molecule has 0 amide bonds. The average molecular weight is 353 g/mol. The minimum atomic E-state index is 0.212. The lowest BCUT2D eigenvalue weighted by atomic mass is 9.88. The zero-order valence-corrected chi connectivity index (χ0v) is 15.4. The first-order valence-corrected chi connectivity index (χ1v) is 9.55. The van der Waals surface area contributed by atoms with Gasteiger partial charge < -0.3 is 10.7 Å². The molecule has 0 saturated heterocycles. The minimum Gasteiger partial charge on any atom is -0.345 e. The molecule has 0 radical (unpaired) electrons. The normalized spacial score (nSPS) is 18.7. The molecule has 5 rings (SSSR count). The molecule has 3 nitrogen and oxygen atoms in total. The fourth-order valence-corrected chi connectivity index (χ4v) is 4.43. The zero-order valence-electron chi connectivity index (χ0n) is 15.4. The van der Waals surface area contributed by atoms with Gasteiger partial charge in [0.2, 0.25) is 0 Å². The van der Waals surface area contributed by atoms with Crippen molar-refractivity contribution in [1.29, 1.82) is 0 Å². The van der Waals surface area contributed by atoms with Crippen LogP contribution in [0.25, 0.3) is 22.2 Å². The lowest BCUT2D eigenvalue weighted by Crippen LogP contribution is -2.26. The maximum atomic E-state index is 6.48. The van der Waals surface area contributed by atoms with E-state index in [1.54, 1.807) is 6.33 Å². The highest BCUT2D eigenvalue weighted by molar-refractivity contribution is 5.81. The number of imidazole rings is 1. The fraction of sp³-hybridized carbons (Fsp3) is 0.208. The van der Waals surface area contributed by atoms with Gasteiger partial charge in [-0.1, -0.05) is 48.5 Å². The predicted molar refractivity (Wildman–Crippen MR) is 111 cm³/mol. The van der Waals surface area contributed by atoms with Gasteiger partial charge in [0.05, 0.1) is 17.4 Å². The number of rotatable bonds is 3. The quantitative estimate of drug-likeness (QED) is 0.558. The van der Waals surface area contributed by atoms with Gasteiger partial charge in [0.1, 0.15) is 0 Å². The van der Waals surface area contributed by atoms with Crippen LogP contribution < -0.4 is 5.73 Å². The average Bonchev–Trinajstić information content (AvgIpc) is 3.27. The molecule has 0 fully saturated rings. The molecule has 27 heavy (non-hydrogen) atoms. The van der Waals surface area contributed by atoms with Crippen LogP contribution in [0.3, 0.4) is 0 Å². The number of aryl methyl sites for hydroxylation is 1. The van der Waals surface area contributed by atoms with Crippen LogP contribution in [-0.2, 0) is 12.8 Å². The number of fused-ring (bicyclic) bond motifs is 2. The highest BCUT2D eigenvalue weighted by Gasteiger charge is 2.29. The number of nitrogens with zero attached hydrogens (tertiary/aromatic N) is 1. The molecule has 0 aliphatic heterocycles. The molecule has 1 aliphatic rings. The zero-order chi connectivity index (χ0) is 18.4. The summed E-state index contributed by atoms with van der Waals surface area (Å²) in [5, 5.41) is 0. The maximum absolute atomic E-state index is 6.48. The Hall–Kier alpha value is -2.91. The molecule has 0 spiro atoms. The second kappa shape index (κ2) is 6.36. The van der Waals surface area contributed by atoms with E-state index >= 15 is 0 Å². The van der Waals surface area contributed by atoms with E-state index in [1.165, 1.54) is 33.4 Å². The third-order valence-electron chi connectivity index (χ3n) is 5.96. The molecule has 1 aromatic heterocycles. The van der Waals surface area contributed by atoms with Crippen LogP contribution in [0, 0.1) is 6.92 Å². The fourth-order valence-electron chi connectivity index (χ4n) is 4.43. The third-order valence-corrected chi connectivity index (χ3v) is 5.96. The van der Waals surface area contributed by atoms with Crippen molar-refractivity contribution in [2.24, 2.45) is 5.73 Å². The van der Waals surface area contributed by atoms with Crippen molar-refractivity contribution in [3.8, 4) is 11.1 Å². The van der Waals surface area contributed by atoms with Crippen molar-refractivity contribution in [2.45, 2.75) is 31.7 Å². The van der Waals surface area contributed by atoms with Crippen molar-refractivity contribution in [3.05, 3.63) is 89.2 Å². The number of nitrogens with one attached hydrogen (secondary N) is 1. The Bertz CT molecular complexity index is 1130. The summed E-state index contributed by atoms with van der Waals surface area (Å²) in [7, 11) is 0. The first-order valence-electron chi connectivity index (χ1n) is 9.55. The van der Waals surface area contributed by atoms with Gasteiger partial charge in [-0.2, -0.15) is 0 Å². The molecule has 134 valence electrons. The molecule has 1 heterocycles. The van der Waals surface area contributed by atoms with Gasteiger partial charge in [-0.05, 0) is 65.3 Å². The lowest BCUT2D eigenvalue weighted by Gasteiger charge is -2.19. The number of hydrogen-bond donors (Lipinski definition) is 2. The standard InChI is InChI=1S/C24H23N3/c1-15-10-17(18-8-9-23-24(13-18)27-14-26-23)7-6-16(15)11-21-20-5-3-2-4-19(20)12-22(21)25/h2-10,13-14,21-22H,11-12,25H2,1H3,(H,26,27). The number of nitrogens with two attached hydrogens (primary N) is 1. The van der Waals surface area contributed by atoms with E-state index in [-0.39, 0.29) is 6.04 Å². The highest BCUT2D eigenvalue weighted by Crippen LogP contribution is 2.36. The van der Waals surface area contributed by atoms with Crippen LogP contribution in [0.2, 0.25) is 0 Å². The summed E-state index contributed by atoms with van der Waals surface area (Å²) in [5.74, 6) is 0.409. The summed E-state index contributed by atoms with van der Waals surface area (Å²) >= 11 is 0. The van der Waals surface area contributed by atoms with E-state index in [1.807, 2.05) is 0 Å². The van der Waals surface area contributed by atoms with E-state index < -0.39 is 0 Å². The number of aromatic amines is 1. The summed E-state index contributed by atoms with van der Waals surface area (Å²) in [6.45, 7) is 2.21. The van der Waals surface area contributed by atoms with E-state index in [0.717, 1.165) is 23.9 Å². The first-order chi connectivity index (χ1) is 13.2. The van der Waals surface area contributed by atoms with Crippen LogP contribution in [0.4, 0.5) is 0 Å². The summed E-state index contributed by atoms with van der Waals surface area (Å²) < 4.78 is 0. The first kappa shape index (κ1) is 16.3. The topological polar surface area (TPSA) is 54.7 Å². The molecule has 2 atom stereocenters. The van der Waals surface area contributed by atoms with E-state index in [0.29, 0.717) is 5.92 Å². The maximum Gasteiger partial charge on any atom is 0.0931 e. The monoisotopic (exact) mass is 353 g/mol. The minimum absolute atomic E-state index is 0.212. The van der Waals surface area contributed by atoms with Crippen molar-refractivity contribution in [2.75, 3.05) is 0 Å². The van der Waals surface area contributed by atoms with Crippen molar-refractivity contribution in [3.63, 3.8) is 0 Å².